The third-order valence-electron chi connectivity index (χ3n) is 2.48. The molecular weight excluding hydrogens is 182 g/mol. The molecule has 1 fully saturated rings. The van der Waals surface area contributed by atoms with Gasteiger partial charge in [-0.1, -0.05) is 0 Å². The molecule has 0 radical (unpaired) electrons. The molecule has 0 unspecified atom stereocenters. The van der Waals surface area contributed by atoms with Gasteiger partial charge in [0.1, 0.15) is 0 Å². The summed E-state index contributed by atoms with van der Waals surface area (Å²) >= 11 is 0. The monoisotopic (exact) mass is 201 g/mol. The van der Waals surface area contributed by atoms with Crippen molar-refractivity contribution in [2.75, 3.05) is 26.2 Å². The normalized spacial score (nSPS) is 20.8. The zero-order valence-corrected chi connectivity index (χ0v) is 9.08. The molecule has 1 aliphatic heterocycles. The number of nitrogens with zero attached hydrogens (tertiary/aromatic N) is 2. The molecule has 0 aromatic rings. The van der Waals surface area contributed by atoms with E-state index >= 15 is 0 Å². The Kier molecular flexibility index (Phi) is 3.34. The van der Waals surface area contributed by atoms with Gasteiger partial charge in [0.05, 0.1) is 0 Å². The lowest BCUT2D eigenvalue weighted by atomic mass is 10.1. The Labute approximate surface area is 84.6 Å². The second-order valence-corrected chi connectivity index (χ2v) is 4.56. The lowest BCUT2D eigenvalue weighted by Crippen LogP contribution is -2.57. The Morgan fingerprint density at radius 2 is 1.71 bits per heavy atom. The summed E-state index contributed by atoms with van der Waals surface area (Å²) in [5.41, 5.74) is 2.55. The highest BCUT2D eigenvalue weighted by molar-refractivity contribution is 5.63. The standard InChI is InChI=1S/C9H19N3O2/c1-9(2,3)11-4-6-12(7-5-11)10-8(13)14/h10H,4-7H2,1-3H3,(H,13,14). The molecule has 5 heteroatoms. The van der Waals surface area contributed by atoms with Crippen molar-refractivity contribution in [2.45, 2.75) is 26.3 Å². The van der Waals surface area contributed by atoms with Crippen LogP contribution < -0.4 is 5.43 Å². The maximum atomic E-state index is 10.4. The average Bonchev–Trinajstić information content (AvgIpc) is 2.02. The number of carboxylic acid groups (broad SMARTS) is 1. The van der Waals surface area contributed by atoms with Crippen LogP contribution in [0.3, 0.4) is 0 Å². The maximum Gasteiger partial charge on any atom is 0.419 e. The van der Waals surface area contributed by atoms with Gasteiger partial charge in [-0.05, 0) is 20.8 Å². The van der Waals surface area contributed by atoms with E-state index in [2.05, 4.69) is 31.1 Å². The van der Waals surface area contributed by atoms with E-state index in [4.69, 9.17) is 5.11 Å². The van der Waals surface area contributed by atoms with E-state index in [-0.39, 0.29) is 5.54 Å². The summed E-state index contributed by atoms with van der Waals surface area (Å²) in [6.07, 6.45) is -0.978. The Bertz CT molecular complexity index is 205. The van der Waals surface area contributed by atoms with Crippen molar-refractivity contribution >= 4 is 6.09 Å². The van der Waals surface area contributed by atoms with Crippen molar-refractivity contribution in [1.82, 2.24) is 15.3 Å². The predicted octanol–water partition coefficient (Wildman–Crippen LogP) is 0.585. The summed E-state index contributed by atoms with van der Waals surface area (Å²) in [6, 6.07) is 0. The van der Waals surface area contributed by atoms with Gasteiger partial charge >= 0.3 is 6.09 Å². The first kappa shape index (κ1) is 11.3. The van der Waals surface area contributed by atoms with E-state index in [9.17, 15) is 4.79 Å². The molecule has 5 nitrogen and oxygen atoms in total. The molecule has 14 heavy (non-hydrogen) atoms. The summed E-state index contributed by atoms with van der Waals surface area (Å²) in [5.74, 6) is 0. The third-order valence-corrected chi connectivity index (χ3v) is 2.48. The molecule has 1 rings (SSSR count). The van der Waals surface area contributed by atoms with Crippen molar-refractivity contribution < 1.29 is 9.90 Å². The van der Waals surface area contributed by atoms with Gasteiger partial charge < -0.3 is 5.11 Å². The Morgan fingerprint density at radius 3 is 2.07 bits per heavy atom. The lowest BCUT2D eigenvalue weighted by Gasteiger charge is -2.41. The zero-order chi connectivity index (χ0) is 10.8. The van der Waals surface area contributed by atoms with Crippen LogP contribution in [-0.2, 0) is 0 Å². The summed E-state index contributed by atoms with van der Waals surface area (Å²) in [7, 11) is 0. The highest BCUT2D eigenvalue weighted by Crippen LogP contribution is 2.14. The van der Waals surface area contributed by atoms with Crippen LogP contribution >= 0.6 is 0 Å². The van der Waals surface area contributed by atoms with E-state index in [1.54, 1.807) is 5.01 Å². The topological polar surface area (TPSA) is 55.8 Å². The number of amides is 1. The number of nitrogens with one attached hydrogen (secondary N) is 1. The fraction of sp³-hybridized carbons (Fsp3) is 0.889. The van der Waals surface area contributed by atoms with Gasteiger partial charge in [0, 0.05) is 31.7 Å². The predicted molar refractivity (Wildman–Crippen MR) is 54.1 cm³/mol. The summed E-state index contributed by atoms with van der Waals surface area (Å²) in [6.45, 7) is 9.84. The van der Waals surface area contributed by atoms with Crippen LogP contribution in [0.4, 0.5) is 4.79 Å². The largest absolute Gasteiger partial charge is 0.464 e. The van der Waals surface area contributed by atoms with E-state index in [1.807, 2.05) is 0 Å². The van der Waals surface area contributed by atoms with Gasteiger partial charge in [0.2, 0.25) is 0 Å². The number of hydrogen-bond acceptors (Lipinski definition) is 3. The maximum absolute atomic E-state index is 10.4. The average molecular weight is 201 g/mol. The van der Waals surface area contributed by atoms with Gasteiger partial charge in [0.25, 0.3) is 0 Å². The van der Waals surface area contributed by atoms with Crippen LogP contribution in [0.2, 0.25) is 0 Å². The first-order chi connectivity index (χ1) is 6.39. The molecule has 0 saturated carbocycles. The zero-order valence-electron chi connectivity index (χ0n) is 9.08. The molecule has 1 saturated heterocycles. The van der Waals surface area contributed by atoms with Crippen molar-refractivity contribution in [3.63, 3.8) is 0 Å². The highest BCUT2D eigenvalue weighted by Gasteiger charge is 2.26. The number of carbonyl (C=O) groups is 1. The van der Waals surface area contributed by atoms with E-state index < -0.39 is 6.09 Å². The molecule has 1 heterocycles. The van der Waals surface area contributed by atoms with Gasteiger partial charge in [0.15, 0.2) is 0 Å². The van der Waals surface area contributed by atoms with E-state index in [1.165, 1.54) is 0 Å². The van der Waals surface area contributed by atoms with Crippen molar-refractivity contribution in [3.8, 4) is 0 Å². The summed E-state index contributed by atoms with van der Waals surface area (Å²) in [5, 5.41) is 10.3. The second-order valence-electron chi connectivity index (χ2n) is 4.56. The van der Waals surface area contributed by atoms with Crippen LogP contribution in [0.25, 0.3) is 0 Å². The second kappa shape index (κ2) is 4.14. The molecule has 0 aromatic heterocycles. The van der Waals surface area contributed by atoms with Gasteiger partial charge in [-0.25, -0.2) is 9.80 Å². The molecule has 0 bridgehead atoms. The molecule has 0 aliphatic carbocycles. The number of hydrogen-bond donors (Lipinski definition) is 2. The Balaban J connectivity index is 2.35. The molecule has 1 aliphatic rings. The van der Waals surface area contributed by atoms with Gasteiger partial charge in [-0.15, -0.1) is 0 Å². The SMILES string of the molecule is CC(C)(C)N1CCN(NC(=O)O)CC1. The van der Waals surface area contributed by atoms with E-state index in [0.29, 0.717) is 0 Å². The lowest BCUT2D eigenvalue weighted by molar-refractivity contribution is 0.0387. The van der Waals surface area contributed by atoms with Gasteiger partial charge in [-0.2, -0.15) is 0 Å². The fourth-order valence-electron chi connectivity index (χ4n) is 1.62. The third kappa shape index (κ3) is 3.16. The minimum atomic E-state index is -0.978. The molecule has 0 aromatic carbocycles. The van der Waals surface area contributed by atoms with Gasteiger partial charge in [-0.3, -0.25) is 10.3 Å². The Morgan fingerprint density at radius 1 is 1.21 bits per heavy atom. The van der Waals surface area contributed by atoms with Crippen LogP contribution in [0, 0.1) is 0 Å². The fourth-order valence-corrected chi connectivity index (χ4v) is 1.62. The van der Waals surface area contributed by atoms with Crippen LogP contribution in [0.15, 0.2) is 0 Å². The summed E-state index contributed by atoms with van der Waals surface area (Å²) < 4.78 is 0. The summed E-state index contributed by atoms with van der Waals surface area (Å²) in [4.78, 5) is 12.7. The highest BCUT2D eigenvalue weighted by atomic mass is 16.4. The van der Waals surface area contributed by atoms with Crippen molar-refractivity contribution in [3.05, 3.63) is 0 Å². The molecular formula is C9H19N3O2. The van der Waals surface area contributed by atoms with Crippen LogP contribution in [-0.4, -0.2) is 52.8 Å². The van der Waals surface area contributed by atoms with Crippen LogP contribution in [0.5, 0.6) is 0 Å². The number of piperazine rings is 1. The van der Waals surface area contributed by atoms with Crippen LogP contribution in [0.1, 0.15) is 20.8 Å². The first-order valence-electron chi connectivity index (χ1n) is 4.89. The minimum Gasteiger partial charge on any atom is -0.464 e. The first-order valence-corrected chi connectivity index (χ1v) is 4.89. The quantitative estimate of drug-likeness (QED) is 0.652. The number of rotatable bonds is 1. The van der Waals surface area contributed by atoms with E-state index in [0.717, 1.165) is 26.2 Å². The van der Waals surface area contributed by atoms with Crippen molar-refractivity contribution in [1.29, 1.82) is 0 Å². The smallest absolute Gasteiger partial charge is 0.419 e. The van der Waals surface area contributed by atoms with Crippen molar-refractivity contribution in [2.24, 2.45) is 0 Å². The molecule has 82 valence electrons. The molecule has 2 N–H and O–H groups in total. The minimum absolute atomic E-state index is 0.176. The Hall–Kier alpha value is -0.810. The molecule has 0 spiro atoms. The molecule has 0 atom stereocenters. The molecule has 1 amide bonds. The number of hydrazine groups is 1.